The van der Waals surface area contributed by atoms with E-state index in [4.69, 9.17) is 0 Å². The zero-order chi connectivity index (χ0) is 15.0. The van der Waals surface area contributed by atoms with Gasteiger partial charge in [-0.1, -0.05) is 0 Å². The Morgan fingerprint density at radius 1 is 1.29 bits per heavy atom. The van der Waals surface area contributed by atoms with Gasteiger partial charge in [0.2, 0.25) is 0 Å². The summed E-state index contributed by atoms with van der Waals surface area (Å²) in [5.41, 5.74) is 4.06. The molecule has 0 atom stereocenters. The van der Waals surface area contributed by atoms with E-state index in [-0.39, 0.29) is 5.91 Å². The van der Waals surface area contributed by atoms with Gasteiger partial charge in [0.05, 0.1) is 24.5 Å². The Kier molecular flexibility index (Phi) is 3.47. The second kappa shape index (κ2) is 5.29. The highest BCUT2D eigenvalue weighted by Crippen LogP contribution is 2.27. The predicted molar refractivity (Wildman–Crippen MR) is 78.4 cm³/mol. The third-order valence-corrected chi connectivity index (χ3v) is 3.73. The van der Waals surface area contributed by atoms with E-state index in [0.29, 0.717) is 18.7 Å². The molecule has 0 saturated carbocycles. The minimum atomic E-state index is 0.0457. The summed E-state index contributed by atoms with van der Waals surface area (Å²) in [4.78, 5) is 20.4. The van der Waals surface area contributed by atoms with Crippen LogP contribution in [0, 0.1) is 0 Å². The van der Waals surface area contributed by atoms with E-state index in [1.165, 1.54) is 5.56 Å². The third-order valence-electron chi connectivity index (χ3n) is 3.73. The van der Waals surface area contributed by atoms with E-state index in [1.807, 2.05) is 30.7 Å². The van der Waals surface area contributed by atoms with Gasteiger partial charge in [0.25, 0.3) is 5.91 Å². The van der Waals surface area contributed by atoms with Crippen molar-refractivity contribution < 1.29 is 4.79 Å². The van der Waals surface area contributed by atoms with E-state index in [9.17, 15) is 4.79 Å². The molecule has 2 aromatic heterocycles. The number of aromatic nitrogens is 3. The second-order valence-electron chi connectivity index (χ2n) is 5.63. The first-order chi connectivity index (χ1) is 10.1. The number of fused-ring (bicyclic) bond motifs is 1. The van der Waals surface area contributed by atoms with Crippen LogP contribution in [0.2, 0.25) is 0 Å². The molecular formula is C15H19N5O. The van der Waals surface area contributed by atoms with Crippen molar-refractivity contribution in [2.45, 2.75) is 19.6 Å². The highest BCUT2D eigenvalue weighted by atomic mass is 16.2. The molecule has 0 N–H and O–H groups in total. The lowest BCUT2D eigenvalue weighted by atomic mass is 10.2. The van der Waals surface area contributed by atoms with Gasteiger partial charge in [-0.15, -0.1) is 0 Å². The lowest BCUT2D eigenvalue weighted by molar-refractivity contribution is 0.0747. The van der Waals surface area contributed by atoms with Gasteiger partial charge in [-0.2, -0.15) is 5.10 Å². The standard InChI is InChI=1S/C15H19N5O/c1-18(2)9-13-12-8-20(10-14(12)19(3)17-13)15(21)11-4-6-16-7-5-11/h4-7H,8-10H2,1-3H3. The predicted octanol–water partition coefficient (Wildman–Crippen LogP) is 1.03. The molecule has 3 rings (SSSR count). The average molecular weight is 285 g/mol. The Morgan fingerprint density at radius 2 is 2.00 bits per heavy atom. The van der Waals surface area contributed by atoms with E-state index < -0.39 is 0 Å². The zero-order valence-electron chi connectivity index (χ0n) is 12.6. The fourth-order valence-electron chi connectivity index (χ4n) is 2.72. The first-order valence-electron chi connectivity index (χ1n) is 6.94. The molecule has 0 spiro atoms. The molecule has 21 heavy (non-hydrogen) atoms. The maximum Gasteiger partial charge on any atom is 0.254 e. The number of hydrogen-bond donors (Lipinski definition) is 0. The number of hydrogen-bond acceptors (Lipinski definition) is 4. The molecule has 0 unspecified atom stereocenters. The minimum Gasteiger partial charge on any atom is -0.328 e. The molecule has 0 aromatic carbocycles. The summed E-state index contributed by atoms with van der Waals surface area (Å²) in [7, 11) is 5.99. The van der Waals surface area contributed by atoms with Gasteiger partial charge in [0.1, 0.15) is 0 Å². The summed E-state index contributed by atoms with van der Waals surface area (Å²) in [6.45, 7) is 2.04. The molecule has 0 saturated heterocycles. The van der Waals surface area contributed by atoms with Crippen LogP contribution in [0.3, 0.4) is 0 Å². The molecule has 3 heterocycles. The van der Waals surface area contributed by atoms with Gasteiger partial charge in [0, 0.05) is 37.1 Å². The van der Waals surface area contributed by atoms with Crippen LogP contribution in [-0.2, 0) is 26.7 Å². The molecule has 6 nitrogen and oxygen atoms in total. The molecule has 1 aliphatic heterocycles. The second-order valence-corrected chi connectivity index (χ2v) is 5.63. The van der Waals surface area contributed by atoms with Crippen molar-refractivity contribution in [2.24, 2.45) is 7.05 Å². The van der Waals surface area contributed by atoms with Gasteiger partial charge in [-0.05, 0) is 26.2 Å². The first kappa shape index (κ1) is 13.8. The highest BCUT2D eigenvalue weighted by Gasteiger charge is 2.30. The van der Waals surface area contributed by atoms with Gasteiger partial charge in [-0.3, -0.25) is 14.5 Å². The lowest BCUT2D eigenvalue weighted by Gasteiger charge is -2.16. The van der Waals surface area contributed by atoms with E-state index in [2.05, 4.69) is 15.0 Å². The smallest absolute Gasteiger partial charge is 0.254 e. The summed E-state index contributed by atoms with van der Waals surface area (Å²) in [6, 6.07) is 3.51. The van der Waals surface area contributed by atoms with Crippen molar-refractivity contribution in [1.82, 2.24) is 24.6 Å². The van der Waals surface area contributed by atoms with Crippen LogP contribution < -0.4 is 0 Å². The monoisotopic (exact) mass is 285 g/mol. The molecule has 0 aliphatic carbocycles. The summed E-state index contributed by atoms with van der Waals surface area (Å²) in [5, 5.41) is 4.57. The molecule has 1 amide bonds. The Hall–Kier alpha value is -2.21. The Balaban J connectivity index is 1.83. The highest BCUT2D eigenvalue weighted by molar-refractivity contribution is 5.94. The van der Waals surface area contributed by atoms with Crippen molar-refractivity contribution in [3.8, 4) is 0 Å². The van der Waals surface area contributed by atoms with Gasteiger partial charge >= 0.3 is 0 Å². The number of carbonyl (C=O) groups is 1. The van der Waals surface area contributed by atoms with Crippen molar-refractivity contribution in [1.29, 1.82) is 0 Å². The molecule has 2 aromatic rings. The minimum absolute atomic E-state index is 0.0457. The molecule has 6 heteroatoms. The summed E-state index contributed by atoms with van der Waals surface area (Å²) in [6.07, 6.45) is 3.30. The third kappa shape index (κ3) is 2.54. The van der Waals surface area contributed by atoms with Crippen LogP contribution in [0.15, 0.2) is 24.5 Å². The maximum absolute atomic E-state index is 12.5. The Morgan fingerprint density at radius 3 is 2.67 bits per heavy atom. The zero-order valence-corrected chi connectivity index (χ0v) is 12.6. The number of pyridine rings is 1. The number of aryl methyl sites for hydroxylation is 1. The van der Waals surface area contributed by atoms with Crippen molar-refractivity contribution in [2.75, 3.05) is 14.1 Å². The lowest BCUT2D eigenvalue weighted by Crippen LogP contribution is -2.26. The van der Waals surface area contributed by atoms with Crippen LogP contribution in [0.25, 0.3) is 0 Å². The van der Waals surface area contributed by atoms with E-state index in [0.717, 1.165) is 17.9 Å². The molecule has 1 aliphatic rings. The Labute approximate surface area is 124 Å². The number of rotatable bonds is 3. The topological polar surface area (TPSA) is 54.3 Å². The molecule has 0 fully saturated rings. The van der Waals surface area contributed by atoms with Crippen molar-refractivity contribution >= 4 is 5.91 Å². The first-order valence-corrected chi connectivity index (χ1v) is 6.94. The normalized spacial score (nSPS) is 13.8. The maximum atomic E-state index is 12.5. The Bertz CT molecular complexity index is 662. The largest absolute Gasteiger partial charge is 0.328 e. The number of amides is 1. The summed E-state index contributed by atoms with van der Waals surface area (Å²) < 4.78 is 1.90. The van der Waals surface area contributed by atoms with Crippen LogP contribution in [0.5, 0.6) is 0 Å². The fourth-order valence-corrected chi connectivity index (χ4v) is 2.72. The summed E-state index contributed by atoms with van der Waals surface area (Å²) in [5.74, 6) is 0.0457. The number of nitrogens with zero attached hydrogens (tertiary/aromatic N) is 5. The fraction of sp³-hybridized carbons (Fsp3) is 0.400. The van der Waals surface area contributed by atoms with Crippen molar-refractivity contribution in [3.63, 3.8) is 0 Å². The van der Waals surface area contributed by atoms with Crippen LogP contribution >= 0.6 is 0 Å². The van der Waals surface area contributed by atoms with Crippen LogP contribution in [0.4, 0.5) is 0 Å². The SMILES string of the molecule is CN(C)Cc1nn(C)c2c1CN(C(=O)c1ccncc1)C2. The van der Waals surface area contributed by atoms with Crippen LogP contribution in [0.1, 0.15) is 27.3 Å². The van der Waals surface area contributed by atoms with Crippen LogP contribution in [-0.4, -0.2) is 44.6 Å². The molecule has 0 bridgehead atoms. The van der Waals surface area contributed by atoms with E-state index >= 15 is 0 Å². The average Bonchev–Trinajstić information content (AvgIpc) is 3.01. The van der Waals surface area contributed by atoms with Gasteiger partial charge in [0.15, 0.2) is 0 Å². The van der Waals surface area contributed by atoms with Crippen molar-refractivity contribution in [3.05, 3.63) is 47.0 Å². The van der Waals surface area contributed by atoms with Gasteiger partial charge in [-0.25, -0.2) is 0 Å². The quantitative estimate of drug-likeness (QED) is 0.845. The molecule has 110 valence electrons. The van der Waals surface area contributed by atoms with Gasteiger partial charge < -0.3 is 9.80 Å². The van der Waals surface area contributed by atoms with E-state index in [1.54, 1.807) is 24.5 Å². The molecular weight excluding hydrogens is 266 g/mol. The number of carbonyl (C=O) groups excluding carboxylic acids is 1. The summed E-state index contributed by atoms with van der Waals surface area (Å²) >= 11 is 0. The molecule has 0 radical (unpaired) electrons.